The smallest absolute Gasteiger partial charge is 0.257 e. The zero-order chi connectivity index (χ0) is 17.2. The van der Waals surface area contributed by atoms with Crippen LogP contribution in [0.4, 0.5) is 0 Å². The van der Waals surface area contributed by atoms with Crippen LogP contribution in [0, 0.1) is 6.92 Å². The van der Waals surface area contributed by atoms with Crippen molar-refractivity contribution in [1.82, 2.24) is 19.6 Å². The van der Waals surface area contributed by atoms with Gasteiger partial charge in [-0.3, -0.25) is 14.4 Å². The van der Waals surface area contributed by atoms with Crippen molar-refractivity contribution in [2.45, 2.75) is 39.3 Å². The summed E-state index contributed by atoms with van der Waals surface area (Å²) in [5.74, 6) is 0.165. The van der Waals surface area contributed by atoms with Crippen LogP contribution in [0.5, 0.6) is 0 Å². The molecule has 1 fully saturated rings. The highest BCUT2D eigenvalue weighted by molar-refractivity contribution is 5.95. The van der Waals surface area contributed by atoms with Gasteiger partial charge < -0.3 is 4.90 Å². The van der Waals surface area contributed by atoms with Gasteiger partial charge in [-0.15, -0.1) is 0 Å². The van der Waals surface area contributed by atoms with Crippen molar-refractivity contribution >= 4 is 5.91 Å². The molecule has 0 aliphatic carbocycles. The highest BCUT2D eigenvalue weighted by Gasteiger charge is 2.26. The molecule has 0 unspecified atom stereocenters. The van der Waals surface area contributed by atoms with Gasteiger partial charge in [-0.05, 0) is 31.7 Å². The van der Waals surface area contributed by atoms with Crippen molar-refractivity contribution in [2.24, 2.45) is 0 Å². The van der Waals surface area contributed by atoms with E-state index in [2.05, 4.69) is 41.2 Å². The average Bonchev–Trinajstić information content (AvgIpc) is 3.06. The van der Waals surface area contributed by atoms with Crippen LogP contribution in [-0.4, -0.2) is 51.7 Å². The second kappa shape index (κ2) is 7.00. The Morgan fingerprint density at radius 2 is 1.96 bits per heavy atom. The maximum atomic E-state index is 12.9. The minimum atomic E-state index is 0.165. The van der Waals surface area contributed by atoms with Gasteiger partial charge in [0.15, 0.2) is 0 Å². The van der Waals surface area contributed by atoms with E-state index in [4.69, 9.17) is 0 Å². The van der Waals surface area contributed by atoms with E-state index in [0.717, 1.165) is 63.4 Å². The Labute approximate surface area is 149 Å². The summed E-state index contributed by atoms with van der Waals surface area (Å²) in [6.45, 7) is 7.52. The predicted molar refractivity (Wildman–Crippen MR) is 97.5 cm³/mol. The Bertz CT molecular complexity index is 759. The number of rotatable bonds is 3. The molecule has 2 aliphatic rings. The first-order valence-electron chi connectivity index (χ1n) is 9.32. The molecule has 2 aliphatic heterocycles. The molecule has 0 spiro atoms. The van der Waals surface area contributed by atoms with Crippen molar-refractivity contribution in [3.05, 3.63) is 52.8 Å². The first-order chi connectivity index (χ1) is 12.2. The molecule has 1 amide bonds. The topological polar surface area (TPSA) is 41.4 Å². The molecular weight excluding hydrogens is 312 g/mol. The molecule has 0 atom stereocenters. The lowest BCUT2D eigenvalue weighted by Gasteiger charge is -2.35. The number of nitrogens with zero attached hydrogens (tertiary/aromatic N) is 4. The highest BCUT2D eigenvalue weighted by atomic mass is 16.2. The molecule has 0 saturated carbocycles. The molecule has 0 bridgehead atoms. The Morgan fingerprint density at radius 3 is 2.76 bits per heavy atom. The summed E-state index contributed by atoms with van der Waals surface area (Å²) in [4.78, 5) is 17.3. The molecule has 3 heterocycles. The van der Waals surface area contributed by atoms with Gasteiger partial charge in [-0.1, -0.05) is 29.8 Å². The summed E-state index contributed by atoms with van der Waals surface area (Å²) >= 11 is 0. The van der Waals surface area contributed by atoms with Crippen molar-refractivity contribution in [3.8, 4) is 0 Å². The Balaban J connectivity index is 1.37. The number of aromatic nitrogens is 2. The summed E-state index contributed by atoms with van der Waals surface area (Å²) in [5.41, 5.74) is 4.62. The summed E-state index contributed by atoms with van der Waals surface area (Å²) in [6, 6.07) is 8.68. The van der Waals surface area contributed by atoms with E-state index in [9.17, 15) is 4.79 Å². The second-order valence-corrected chi connectivity index (χ2v) is 7.24. The molecule has 1 aromatic carbocycles. The van der Waals surface area contributed by atoms with E-state index < -0.39 is 0 Å². The quantitative estimate of drug-likeness (QED) is 0.863. The Morgan fingerprint density at radius 1 is 1.12 bits per heavy atom. The number of amides is 1. The number of fused-ring (bicyclic) bond motifs is 1. The van der Waals surface area contributed by atoms with E-state index >= 15 is 0 Å². The summed E-state index contributed by atoms with van der Waals surface area (Å²) in [6.07, 6.45) is 5.09. The first-order valence-corrected chi connectivity index (χ1v) is 9.32. The van der Waals surface area contributed by atoms with E-state index in [-0.39, 0.29) is 5.91 Å². The molecule has 5 nitrogen and oxygen atoms in total. The first kappa shape index (κ1) is 16.3. The van der Waals surface area contributed by atoms with Crippen LogP contribution in [0.2, 0.25) is 0 Å². The van der Waals surface area contributed by atoms with Crippen LogP contribution in [-0.2, 0) is 19.5 Å². The summed E-state index contributed by atoms with van der Waals surface area (Å²) in [5, 5.41) is 4.41. The van der Waals surface area contributed by atoms with Crippen LogP contribution in [0.3, 0.4) is 0 Å². The molecule has 132 valence electrons. The fourth-order valence-corrected chi connectivity index (χ4v) is 3.95. The molecule has 4 rings (SSSR count). The maximum Gasteiger partial charge on any atom is 0.257 e. The van der Waals surface area contributed by atoms with Crippen LogP contribution < -0.4 is 0 Å². The monoisotopic (exact) mass is 338 g/mol. The minimum Gasteiger partial charge on any atom is -0.336 e. The largest absolute Gasteiger partial charge is 0.336 e. The van der Waals surface area contributed by atoms with Gasteiger partial charge in [0, 0.05) is 39.3 Å². The number of carbonyl (C=O) groups excluding carboxylic acids is 1. The molecular formula is C20H26N4O. The Kier molecular flexibility index (Phi) is 4.57. The van der Waals surface area contributed by atoms with Crippen LogP contribution in [0.25, 0.3) is 0 Å². The van der Waals surface area contributed by atoms with Crippen molar-refractivity contribution in [1.29, 1.82) is 0 Å². The molecule has 1 saturated heterocycles. The number of aryl methyl sites for hydroxylation is 2. The lowest BCUT2D eigenvalue weighted by molar-refractivity contribution is 0.0627. The number of hydrogen-bond donors (Lipinski definition) is 0. The number of carbonyl (C=O) groups is 1. The second-order valence-electron chi connectivity index (χ2n) is 7.24. The van der Waals surface area contributed by atoms with Gasteiger partial charge in [-0.2, -0.15) is 5.10 Å². The normalized spacial score (nSPS) is 18.2. The Hall–Kier alpha value is -2.14. The van der Waals surface area contributed by atoms with Crippen molar-refractivity contribution in [2.75, 3.05) is 26.2 Å². The fraction of sp³-hybridized carbons (Fsp3) is 0.500. The number of benzene rings is 1. The van der Waals surface area contributed by atoms with E-state index in [1.54, 1.807) is 6.20 Å². The van der Waals surface area contributed by atoms with Crippen LogP contribution in [0.1, 0.15) is 40.0 Å². The van der Waals surface area contributed by atoms with Crippen LogP contribution in [0.15, 0.2) is 30.5 Å². The van der Waals surface area contributed by atoms with Gasteiger partial charge in [0.2, 0.25) is 0 Å². The third kappa shape index (κ3) is 3.47. The number of hydrogen-bond acceptors (Lipinski definition) is 3. The van der Waals surface area contributed by atoms with E-state index in [1.165, 1.54) is 17.5 Å². The molecule has 2 aromatic rings. The van der Waals surface area contributed by atoms with Gasteiger partial charge >= 0.3 is 0 Å². The van der Waals surface area contributed by atoms with Gasteiger partial charge in [0.05, 0.1) is 17.5 Å². The molecule has 0 radical (unpaired) electrons. The summed E-state index contributed by atoms with van der Waals surface area (Å²) in [7, 11) is 0. The predicted octanol–water partition coefficient (Wildman–Crippen LogP) is 2.49. The average molecular weight is 338 g/mol. The van der Waals surface area contributed by atoms with Gasteiger partial charge in [0.25, 0.3) is 5.91 Å². The van der Waals surface area contributed by atoms with E-state index in [1.807, 2.05) is 9.58 Å². The molecule has 0 N–H and O–H groups in total. The lowest BCUT2D eigenvalue weighted by Crippen LogP contribution is -2.48. The lowest BCUT2D eigenvalue weighted by atomic mass is 10.1. The van der Waals surface area contributed by atoms with Crippen molar-refractivity contribution in [3.63, 3.8) is 0 Å². The van der Waals surface area contributed by atoms with Gasteiger partial charge in [-0.25, -0.2) is 0 Å². The maximum absolute atomic E-state index is 12.9. The third-order valence-corrected chi connectivity index (χ3v) is 5.36. The third-order valence-electron chi connectivity index (χ3n) is 5.36. The molecule has 5 heteroatoms. The molecule has 1 aromatic heterocycles. The zero-order valence-corrected chi connectivity index (χ0v) is 14.9. The highest BCUT2D eigenvalue weighted by Crippen LogP contribution is 2.20. The summed E-state index contributed by atoms with van der Waals surface area (Å²) < 4.78 is 2.02. The van der Waals surface area contributed by atoms with E-state index in [0.29, 0.717) is 0 Å². The SMILES string of the molecule is Cc1cccc(CN2CCN(C(=O)c3cnn4c3CCCC4)CC2)c1. The minimum absolute atomic E-state index is 0.165. The van der Waals surface area contributed by atoms with Crippen LogP contribution >= 0.6 is 0 Å². The standard InChI is InChI=1S/C20H26N4O/c1-16-5-4-6-17(13-16)15-22-9-11-23(12-10-22)20(25)18-14-21-24-8-3-2-7-19(18)24/h4-6,13-14H,2-3,7-12,15H2,1H3. The molecule has 25 heavy (non-hydrogen) atoms. The number of piperazine rings is 1. The van der Waals surface area contributed by atoms with Gasteiger partial charge in [0.1, 0.15) is 0 Å². The zero-order valence-electron chi connectivity index (χ0n) is 14.9. The fourth-order valence-electron chi connectivity index (χ4n) is 3.95. The van der Waals surface area contributed by atoms with Crippen molar-refractivity contribution < 1.29 is 4.79 Å².